The van der Waals surface area contributed by atoms with E-state index in [2.05, 4.69) is 67.2 Å². The van der Waals surface area contributed by atoms with Gasteiger partial charge in [0.05, 0.1) is 11.6 Å². The van der Waals surface area contributed by atoms with Crippen LogP contribution in [0.4, 0.5) is 0 Å². The number of rotatable bonds is 6. The summed E-state index contributed by atoms with van der Waals surface area (Å²) in [6, 6.07) is 0. The van der Waals surface area contributed by atoms with Crippen LogP contribution in [-0.2, 0) is 14.0 Å². The zero-order valence-electron chi connectivity index (χ0n) is 17.5. The monoisotopic (exact) mass is 382 g/mol. The fourth-order valence-electron chi connectivity index (χ4n) is 5.62. The van der Waals surface area contributed by atoms with Crippen molar-refractivity contribution in [3.63, 3.8) is 0 Å². The topological polar surface area (TPSA) is 35.5 Å². The average Bonchev–Trinajstić information content (AvgIpc) is 2.51. The summed E-state index contributed by atoms with van der Waals surface area (Å²) >= 11 is 0. The lowest BCUT2D eigenvalue weighted by Crippen LogP contribution is -2.62. The van der Waals surface area contributed by atoms with Crippen LogP contribution in [-0.4, -0.2) is 34.8 Å². The average molecular weight is 383 g/mol. The highest BCUT2D eigenvalue weighted by Crippen LogP contribution is 2.52. The van der Waals surface area contributed by atoms with Crippen LogP contribution in [0.2, 0.25) is 28.7 Å². The normalized spacial score (nSPS) is 33.1. The molecule has 0 radical (unpaired) electrons. The molecule has 1 aliphatic carbocycles. The molecule has 0 amide bonds. The van der Waals surface area contributed by atoms with Crippen LogP contribution in [0.25, 0.3) is 0 Å². The zero-order chi connectivity index (χ0) is 19.0. The molecule has 1 fully saturated rings. The first-order chi connectivity index (χ1) is 11.5. The summed E-state index contributed by atoms with van der Waals surface area (Å²) in [6.07, 6.45) is 7.92. The molecule has 2 rings (SSSR count). The molecule has 0 spiro atoms. The highest BCUT2D eigenvalue weighted by molar-refractivity contribution is 6.83. The summed E-state index contributed by atoms with van der Waals surface area (Å²) in [7, 11) is -3.76. The number of carbonyl (C=O) groups excluding carboxylic acids is 1. The van der Waals surface area contributed by atoms with Gasteiger partial charge in [-0.15, -0.1) is 0 Å². The number of hydrogen-bond acceptors (Lipinski definition) is 3. The van der Waals surface area contributed by atoms with E-state index in [0.29, 0.717) is 28.4 Å². The van der Waals surface area contributed by atoms with Crippen LogP contribution in [0.3, 0.4) is 0 Å². The van der Waals surface area contributed by atoms with Gasteiger partial charge in [-0.25, -0.2) is 0 Å². The van der Waals surface area contributed by atoms with Crippen molar-refractivity contribution in [1.29, 1.82) is 0 Å². The highest BCUT2D eigenvalue weighted by atomic mass is 28.4. The summed E-state index contributed by atoms with van der Waals surface area (Å²) in [5.74, 6) is 0.00640. The van der Waals surface area contributed by atoms with E-state index >= 15 is 0 Å². The maximum atomic E-state index is 12.5. The highest BCUT2D eigenvalue weighted by Gasteiger charge is 2.57. The number of carbonyl (C=O) groups is 1. The molecule has 25 heavy (non-hydrogen) atoms. The van der Waals surface area contributed by atoms with Crippen LogP contribution in [0.5, 0.6) is 0 Å². The molecule has 0 aromatic carbocycles. The first kappa shape index (κ1) is 20.9. The van der Waals surface area contributed by atoms with Crippen LogP contribution < -0.4 is 0 Å². The molecular weight excluding hydrogens is 344 g/mol. The predicted octanol–water partition coefficient (Wildman–Crippen LogP) is 5.62. The van der Waals surface area contributed by atoms with E-state index in [9.17, 15) is 4.79 Å². The Bertz CT molecular complexity index is 507. The number of cyclic esters (lactones) is 1. The fourth-order valence-corrected chi connectivity index (χ4v) is 16.2. The van der Waals surface area contributed by atoms with Gasteiger partial charge in [0, 0.05) is 6.23 Å². The van der Waals surface area contributed by atoms with Crippen LogP contribution in [0, 0.1) is 5.41 Å². The molecule has 2 aliphatic rings. The molecule has 0 aromatic rings. The second kappa shape index (κ2) is 7.31. The van der Waals surface area contributed by atoms with Crippen molar-refractivity contribution in [3.05, 3.63) is 12.2 Å². The minimum Gasteiger partial charge on any atom is -0.469 e. The minimum absolute atomic E-state index is 0.00640. The Morgan fingerprint density at radius 1 is 1.24 bits per heavy atom. The van der Waals surface area contributed by atoms with Gasteiger partial charge >= 0.3 is 5.97 Å². The maximum absolute atomic E-state index is 12.5. The number of hydrogen-bond donors (Lipinski definition) is 0. The van der Waals surface area contributed by atoms with Crippen LogP contribution in [0.1, 0.15) is 61.3 Å². The second-order valence-corrected chi connectivity index (χ2v) is 19.7. The van der Waals surface area contributed by atoms with Crippen molar-refractivity contribution in [3.8, 4) is 0 Å². The molecule has 0 aromatic heterocycles. The molecule has 0 saturated carbocycles. The Morgan fingerprint density at radius 2 is 1.80 bits per heavy atom. The van der Waals surface area contributed by atoms with E-state index in [-0.39, 0.29) is 11.4 Å². The molecule has 3 unspecified atom stereocenters. The summed E-state index contributed by atoms with van der Waals surface area (Å²) in [5.41, 5.74) is 1.77. The van der Waals surface area contributed by atoms with Crippen LogP contribution in [0.15, 0.2) is 12.2 Å². The second-order valence-electron chi connectivity index (χ2n) is 9.70. The SMILES string of the molecule is CC(C)[Si](OC[Si]1(C)COC(=O)C2(C)CCC=CC21)(C(C)C)C(C)C. The van der Waals surface area contributed by atoms with Crippen molar-refractivity contribution >= 4 is 22.4 Å². The third-order valence-electron chi connectivity index (χ3n) is 6.95. The molecule has 0 bridgehead atoms. The Kier molecular flexibility index (Phi) is 6.12. The zero-order valence-corrected chi connectivity index (χ0v) is 19.5. The van der Waals surface area contributed by atoms with E-state index in [0.717, 1.165) is 19.1 Å². The Morgan fingerprint density at radius 3 is 2.32 bits per heavy atom. The van der Waals surface area contributed by atoms with Crippen molar-refractivity contribution in [1.82, 2.24) is 0 Å². The molecule has 5 heteroatoms. The number of ether oxygens (including phenoxy) is 1. The molecule has 0 N–H and O–H groups in total. The molecule has 1 aliphatic heterocycles. The summed E-state index contributed by atoms with van der Waals surface area (Å²) < 4.78 is 12.7. The Hall–Kier alpha value is -0.396. The standard InChI is InChI=1S/C20H38O3Si2/c1-15(2)25(16(3)4,17(5)6)23-14-24(8)13-22-19(21)20(7)12-10-9-11-18(20)24/h9,11,15-18H,10,12-14H2,1-8H3. The van der Waals surface area contributed by atoms with Gasteiger partial charge < -0.3 is 9.16 Å². The number of allylic oxidation sites excluding steroid dienone is 2. The number of esters is 1. The lowest BCUT2D eigenvalue weighted by Gasteiger charge is -2.51. The van der Waals surface area contributed by atoms with E-state index in [1.807, 2.05) is 0 Å². The molecule has 3 nitrogen and oxygen atoms in total. The first-order valence-corrected chi connectivity index (χ1v) is 15.1. The smallest absolute Gasteiger partial charge is 0.311 e. The van der Waals surface area contributed by atoms with Crippen molar-refractivity contribution in [2.24, 2.45) is 5.41 Å². The van der Waals surface area contributed by atoms with E-state index in [1.54, 1.807) is 0 Å². The predicted molar refractivity (Wildman–Crippen MR) is 110 cm³/mol. The summed E-state index contributed by atoms with van der Waals surface area (Å²) in [6.45, 7) is 18.5. The van der Waals surface area contributed by atoms with Crippen molar-refractivity contribution in [2.75, 3.05) is 12.5 Å². The summed E-state index contributed by atoms with van der Waals surface area (Å²) in [4.78, 5) is 12.5. The molecular formula is C20H38O3Si2. The molecule has 3 atom stereocenters. The van der Waals surface area contributed by atoms with Gasteiger partial charge in [-0.1, -0.05) is 60.2 Å². The van der Waals surface area contributed by atoms with E-state index < -0.39 is 16.4 Å². The van der Waals surface area contributed by atoms with Gasteiger partial charge in [0.2, 0.25) is 0 Å². The van der Waals surface area contributed by atoms with Gasteiger partial charge in [-0.2, -0.15) is 0 Å². The largest absolute Gasteiger partial charge is 0.469 e. The lowest BCUT2D eigenvalue weighted by atomic mass is 9.78. The Balaban J connectivity index is 2.29. The fraction of sp³-hybridized carbons (Fsp3) is 0.850. The quantitative estimate of drug-likeness (QED) is 0.340. The van der Waals surface area contributed by atoms with Gasteiger partial charge in [0.15, 0.2) is 8.32 Å². The van der Waals surface area contributed by atoms with Gasteiger partial charge in [-0.3, -0.25) is 4.79 Å². The first-order valence-electron chi connectivity index (χ1n) is 9.98. The molecule has 1 saturated heterocycles. The number of fused-ring (bicyclic) bond motifs is 1. The molecule has 144 valence electrons. The Labute approximate surface area is 156 Å². The molecule has 1 heterocycles. The van der Waals surface area contributed by atoms with Gasteiger partial charge in [0.25, 0.3) is 0 Å². The maximum Gasteiger partial charge on any atom is 0.311 e. The van der Waals surface area contributed by atoms with Crippen molar-refractivity contribution < 1.29 is 14.0 Å². The third-order valence-corrected chi connectivity index (χ3v) is 17.2. The summed E-state index contributed by atoms with van der Waals surface area (Å²) in [5, 5.41) is 0. The van der Waals surface area contributed by atoms with Crippen LogP contribution >= 0.6 is 0 Å². The van der Waals surface area contributed by atoms with E-state index in [4.69, 9.17) is 9.16 Å². The van der Waals surface area contributed by atoms with E-state index in [1.165, 1.54) is 0 Å². The van der Waals surface area contributed by atoms with Crippen molar-refractivity contribution in [2.45, 2.75) is 90.0 Å². The van der Waals surface area contributed by atoms with Gasteiger partial charge in [0.1, 0.15) is 8.07 Å². The minimum atomic E-state index is -1.89. The third kappa shape index (κ3) is 3.44. The lowest BCUT2D eigenvalue weighted by molar-refractivity contribution is -0.156. The van der Waals surface area contributed by atoms with Gasteiger partial charge in [-0.05, 0) is 41.9 Å².